The molecule has 0 aliphatic carbocycles. The molecule has 1 saturated heterocycles. The molecule has 1 rings (SSSR count). The van der Waals surface area contributed by atoms with Crippen molar-refractivity contribution in [2.45, 2.75) is 59.2 Å². The van der Waals surface area contributed by atoms with Gasteiger partial charge in [0.15, 0.2) is 0 Å². The third-order valence-electron chi connectivity index (χ3n) is 3.65. The molecule has 0 aromatic heterocycles. The molecule has 0 atom stereocenters. The molecule has 0 bridgehead atoms. The van der Waals surface area contributed by atoms with Crippen molar-refractivity contribution in [1.82, 2.24) is 15.1 Å². The van der Waals surface area contributed by atoms with E-state index in [0.717, 1.165) is 6.54 Å². The van der Waals surface area contributed by atoms with Crippen molar-refractivity contribution in [2.75, 3.05) is 32.7 Å². The highest BCUT2D eigenvalue weighted by atomic mass is 15.3. The van der Waals surface area contributed by atoms with Crippen LogP contribution in [0.15, 0.2) is 0 Å². The summed E-state index contributed by atoms with van der Waals surface area (Å²) >= 11 is 0. The second-order valence-corrected chi connectivity index (χ2v) is 6.48. The molecular formula is C14H31N3. The van der Waals surface area contributed by atoms with Crippen LogP contribution in [0.5, 0.6) is 0 Å². The second-order valence-electron chi connectivity index (χ2n) is 6.48. The monoisotopic (exact) mass is 241 g/mol. The molecule has 102 valence electrons. The number of nitrogens with one attached hydrogen (secondary N) is 1. The Morgan fingerprint density at radius 3 is 2.24 bits per heavy atom. The van der Waals surface area contributed by atoms with Crippen LogP contribution in [0.3, 0.4) is 0 Å². The molecule has 0 unspecified atom stereocenters. The van der Waals surface area contributed by atoms with Gasteiger partial charge in [0.05, 0.1) is 0 Å². The van der Waals surface area contributed by atoms with Gasteiger partial charge < -0.3 is 5.32 Å². The molecular weight excluding hydrogens is 210 g/mol. The molecule has 0 radical (unpaired) electrons. The molecule has 1 aliphatic heterocycles. The normalized spacial score (nSPS) is 22.6. The van der Waals surface area contributed by atoms with E-state index in [2.05, 4.69) is 56.7 Å². The van der Waals surface area contributed by atoms with Gasteiger partial charge in [-0.3, -0.25) is 9.80 Å². The van der Waals surface area contributed by atoms with E-state index in [-0.39, 0.29) is 0 Å². The van der Waals surface area contributed by atoms with Gasteiger partial charge in [0.25, 0.3) is 0 Å². The zero-order chi connectivity index (χ0) is 13.1. The molecule has 0 amide bonds. The topological polar surface area (TPSA) is 18.5 Å². The Morgan fingerprint density at radius 1 is 1.12 bits per heavy atom. The lowest BCUT2D eigenvalue weighted by molar-refractivity contribution is -0.000978. The van der Waals surface area contributed by atoms with E-state index in [1.807, 2.05) is 0 Å². The lowest BCUT2D eigenvalue weighted by Gasteiger charge is -2.49. The Labute approximate surface area is 108 Å². The predicted octanol–water partition coefficient (Wildman–Crippen LogP) is 1.79. The van der Waals surface area contributed by atoms with Gasteiger partial charge in [-0.05, 0) is 27.7 Å². The van der Waals surface area contributed by atoms with Crippen LogP contribution in [0.4, 0.5) is 0 Å². The van der Waals surface area contributed by atoms with Gasteiger partial charge in [-0.1, -0.05) is 13.8 Å². The van der Waals surface area contributed by atoms with E-state index in [1.54, 1.807) is 0 Å². The third-order valence-corrected chi connectivity index (χ3v) is 3.65. The molecule has 3 heteroatoms. The van der Waals surface area contributed by atoms with Crippen LogP contribution >= 0.6 is 0 Å². The molecule has 1 heterocycles. The summed E-state index contributed by atoms with van der Waals surface area (Å²) in [6, 6.07) is 1.25. The van der Waals surface area contributed by atoms with Crippen molar-refractivity contribution in [3.05, 3.63) is 0 Å². The first-order valence-corrected chi connectivity index (χ1v) is 7.05. The average Bonchev–Trinajstić information content (AvgIpc) is 2.14. The van der Waals surface area contributed by atoms with Gasteiger partial charge in [-0.2, -0.15) is 0 Å². The maximum Gasteiger partial charge on any atom is 0.0283 e. The van der Waals surface area contributed by atoms with Gasteiger partial charge in [0.2, 0.25) is 0 Å². The Kier molecular flexibility index (Phi) is 5.42. The molecule has 1 fully saturated rings. The minimum atomic E-state index is 0.310. The SMILES string of the molecule is CC(C)NCCN1CCN(C(C)C)C(C)(C)C1. The van der Waals surface area contributed by atoms with Crippen LogP contribution in [0.25, 0.3) is 0 Å². The highest BCUT2D eigenvalue weighted by Crippen LogP contribution is 2.22. The zero-order valence-electron chi connectivity index (χ0n) is 12.6. The number of hydrogen-bond acceptors (Lipinski definition) is 3. The minimum Gasteiger partial charge on any atom is -0.313 e. The molecule has 0 saturated carbocycles. The summed E-state index contributed by atoms with van der Waals surface area (Å²) < 4.78 is 0. The van der Waals surface area contributed by atoms with Crippen LogP contribution in [0.2, 0.25) is 0 Å². The van der Waals surface area contributed by atoms with Crippen LogP contribution in [0, 0.1) is 0 Å². The van der Waals surface area contributed by atoms with Crippen LogP contribution < -0.4 is 5.32 Å². The Bertz CT molecular complexity index is 222. The maximum absolute atomic E-state index is 3.50. The van der Waals surface area contributed by atoms with Crippen molar-refractivity contribution in [3.63, 3.8) is 0 Å². The van der Waals surface area contributed by atoms with E-state index >= 15 is 0 Å². The molecule has 17 heavy (non-hydrogen) atoms. The standard InChI is InChI=1S/C14H31N3/c1-12(2)15-7-8-16-9-10-17(13(3)4)14(5,6)11-16/h12-13,15H,7-11H2,1-6H3. The molecule has 0 aromatic carbocycles. The second kappa shape index (κ2) is 6.17. The average molecular weight is 241 g/mol. The highest BCUT2D eigenvalue weighted by Gasteiger charge is 2.34. The first-order valence-electron chi connectivity index (χ1n) is 7.05. The van der Waals surface area contributed by atoms with E-state index in [4.69, 9.17) is 0 Å². The Balaban J connectivity index is 2.38. The van der Waals surface area contributed by atoms with Crippen LogP contribution in [0.1, 0.15) is 41.5 Å². The lowest BCUT2D eigenvalue weighted by atomic mass is 9.97. The van der Waals surface area contributed by atoms with Gasteiger partial charge in [0.1, 0.15) is 0 Å². The largest absolute Gasteiger partial charge is 0.313 e. The first-order chi connectivity index (χ1) is 7.83. The summed E-state index contributed by atoms with van der Waals surface area (Å²) in [5.41, 5.74) is 0.310. The fourth-order valence-electron chi connectivity index (χ4n) is 2.93. The van der Waals surface area contributed by atoms with E-state index in [0.29, 0.717) is 17.6 Å². The fourth-order valence-corrected chi connectivity index (χ4v) is 2.93. The van der Waals surface area contributed by atoms with Crippen molar-refractivity contribution in [3.8, 4) is 0 Å². The highest BCUT2D eigenvalue weighted by molar-refractivity contribution is 4.91. The van der Waals surface area contributed by atoms with Gasteiger partial charge in [-0.25, -0.2) is 0 Å². The summed E-state index contributed by atoms with van der Waals surface area (Å²) in [6.07, 6.45) is 0. The molecule has 0 aromatic rings. The predicted molar refractivity (Wildman–Crippen MR) is 75.5 cm³/mol. The van der Waals surface area contributed by atoms with Crippen molar-refractivity contribution in [2.24, 2.45) is 0 Å². The van der Waals surface area contributed by atoms with E-state index < -0.39 is 0 Å². The molecule has 3 nitrogen and oxygen atoms in total. The number of nitrogens with zero attached hydrogens (tertiary/aromatic N) is 2. The van der Waals surface area contributed by atoms with Crippen molar-refractivity contribution in [1.29, 1.82) is 0 Å². The van der Waals surface area contributed by atoms with Gasteiger partial charge >= 0.3 is 0 Å². The summed E-state index contributed by atoms with van der Waals surface area (Å²) in [7, 11) is 0. The number of hydrogen-bond donors (Lipinski definition) is 1. The van der Waals surface area contributed by atoms with Crippen LogP contribution in [-0.4, -0.2) is 60.1 Å². The summed E-state index contributed by atoms with van der Waals surface area (Å²) in [6.45, 7) is 19.6. The van der Waals surface area contributed by atoms with Crippen LogP contribution in [-0.2, 0) is 0 Å². The van der Waals surface area contributed by atoms with E-state index in [1.165, 1.54) is 26.2 Å². The fraction of sp³-hybridized carbons (Fsp3) is 1.00. The van der Waals surface area contributed by atoms with Gasteiger partial charge in [-0.15, -0.1) is 0 Å². The Morgan fingerprint density at radius 2 is 1.76 bits per heavy atom. The summed E-state index contributed by atoms with van der Waals surface area (Å²) in [5.74, 6) is 0. The van der Waals surface area contributed by atoms with Crippen molar-refractivity contribution < 1.29 is 0 Å². The zero-order valence-corrected chi connectivity index (χ0v) is 12.6. The van der Waals surface area contributed by atoms with Crippen molar-refractivity contribution >= 4 is 0 Å². The third kappa shape index (κ3) is 4.57. The summed E-state index contributed by atoms with van der Waals surface area (Å²) in [5, 5.41) is 3.50. The van der Waals surface area contributed by atoms with E-state index in [9.17, 15) is 0 Å². The first kappa shape index (κ1) is 14.9. The molecule has 1 aliphatic rings. The number of piperazine rings is 1. The minimum absolute atomic E-state index is 0.310. The molecule has 1 N–H and O–H groups in total. The lowest BCUT2D eigenvalue weighted by Crippen LogP contribution is -2.61. The smallest absolute Gasteiger partial charge is 0.0283 e. The quantitative estimate of drug-likeness (QED) is 0.792. The maximum atomic E-state index is 3.50. The number of rotatable bonds is 5. The van der Waals surface area contributed by atoms with Gasteiger partial charge in [0, 0.05) is 50.3 Å². The Hall–Kier alpha value is -0.120. The molecule has 0 spiro atoms. The summed E-state index contributed by atoms with van der Waals surface area (Å²) in [4.78, 5) is 5.22.